The van der Waals surface area contributed by atoms with Gasteiger partial charge in [-0.25, -0.2) is 4.79 Å². The standard InChI is InChI=1S/C15H12ClNO2/c1-10-13(16)3-2-4-14(10)17-9-11-5-7-12(8-6-11)15(18)19/h2-9H,1H3,(H,18,19)/b17-9+. The van der Waals surface area contributed by atoms with E-state index in [0.29, 0.717) is 5.02 Å². The van der Waals surface area contributed by atoms with E-state index in [1.165, 1.54) is 0 Å². The molecule has 0 spiro atoms. The molecule has 96 valence electrons. The largest absolute Gasteiger partial charge is 0.478 e. The van der Waals surface area contributed by atoms with E-state index in [2.05, 4.69) is 4.99 Å². The zero-order chi connectivity index (χ0) is 13.8. The number of aliphatic imine (C=N–C) groups is 1. The van der Waals surface area contributed by atoms with Crippen LogP contribution in [0.1, 0.15) is 21.5 Å². The quantitative estimate of drug-likeness (QED) is 0.856. The highest BCUT2D eigenvalue weighted by Gasteiger charge is 2.01. The fourth-order valence-corrected chi connectivity index (χ4v) is 1.76. The highest BCUT2D eigenvalue weighted by atomic mass is 35.5. The zero-order valence-electron chi connectivity index (χ0n) is 10.3. The smallest absolute Gasteiger partial charge is 0.335 e. The van der Waals surface area contributed by atoms with Gasteiger partial charge in [-0.15, -0.1) is 0 Å². The van der Waals surface area contributed by atoms with Gasteiger partial charge < -0.3 is 5.11 Å². The predicted molar refractivity (Wildman–Crippen MR) is 76.8 cm³/mol. The molecule has 2 aromatic carbocycles. The normalized spacial score (nSPS) is 10.8. The number of nitrogens with zero attached hydrogens (tertiary/aromatic N) is 1. The minimum absolute atomic E-state index is 0.260. The molecule has 0 amide bonds. The van der Waals surface area contributed by atoms with Crippen molar-refractivity contribution in [3.63, 3.8) is 0 Å². The van der Waals surface area contributed by atoms with Crippen molar-refractivity contribution < 1.29 is 9.90 Å². The minimum atomic E-state index is -0.936. The summed E-state index contributed by atoms with van der Waals surface area (Å²) in [6.45, 7) is 1.91. The van der Waals surface area contributed by atoms with E-state index in [1.54, 1.807) is 30.5 Å². The Hall–Kier alpha value is -2.13. The average Bonchev–Trinajstić information content (AvgIpc) is 2.41. The van der Waals surface area contributed by atoms with Gasteiger partial charge in [0.05, 0.1) is 11.3 Å². The summed E-state index contributed by atoms with van der Waals surface area (Å²) in [5, 5.41) is 9.48. The Balaban J connectivity index is 2.23. The van der Waals surface area contributed by atoms with Crippen LogP contribution in [0.5, 0.6) is 0 Å². The first-order valence-corrected chi connectivity index (χ1v) is 6.08. The average molecular weight is 274 g/mol. The molecule has 0 fully saturated rings. The second-order valence-corrected chi connectivity index (χ2v) is 4.48. The molecule has 4 heteroatoms. The van der Waals surface area contributed by atoms with Crippen LogP contribution in [0.2, 0.25) is 5.02 Å². The third-order valence-electron chi connectivity index (χ3n) is 2.75. The van der Waals surface area contributed by atoms with Gasteiger partial charge >= 0.3 is 5.97 Å². The molecule has 0 saturated carbocycles. The van der Waals surface area contributed by atoms with Crippen molar-refractivity contribution in [2.24, 2.45) is 4.99 Å². The Morgan fingerprint density at radius 2 is 1.89 bits per heavy atom. The van der Waals surface area contributed by atoms with E-state index < -0.39 is 5.97 Å². The molecule has 0 unspecified atom stereocenters. The van der Waals surface area contributed by atoms with E-state index in [4.69, 9.17) is 16.7 Å². The van der Waals surface area contributed by atoms with Crippen molar-refractivity contribution in [3.05, 3.63) is 64.2 Å². The molecular weight excluding hydrogens is 262 g/mol. The SMILES string of the molecule is Cc1c(Cl)cccc1/N=C/c1ccc(C(=O)O)cc1. The maximum atomic E-state index is 10.7. The molecule has 0 radical (unpaired) electrons. The second-order valence-electron chi connectivity index (χ2n) is 4.07. The highest BCUT2D eigenvalue weighted by Crippen LogP contribution is 2.25. The lowest BCUT2D eigenvalue weighted by atomic mass is 10.1. The van der Waals surface area contributed by atoms with Crippen LogP contribution < -0.4 is 0 Å². The molecule has 0 atom stereocenters. The van der Waals surface area contributed by atoms with Crippen molar-refractivity contribution in [2.45, 2.75) is 6.92 Å². The molecule has 19 heavy (non-hydrogen) atoms. The fourth-order valence-electron chi connectivity index (χ4n) is 1.59. The fraction of sp³-hybridized carbons (Fsp3) is 0.0667. The van der Waals surface area contributed by atoms with Crippen molar-refractivity contribution >= 4 is 29.5 Å². The van der Waals surface area contributed by atoms with Gasteiger partial charge in [0.2, 0.25) is 0 Å². The summed E-state index contributed by atoms with van der Waals surface area (Å²) in [6, 6.07) is 12.1. The number of rotatable bonds is 3. The van der Waals surface area contributed by atoms with Crippen molar-refractivity contribution in [2.75, 3.05) is 0 Å². The number of halogens is 1. The number of hydrogen-bond acceptors (Lipinski definition) is 2. The number of aromatic carboxylic acids is 1. The first-order valence-electron chi connectivity index (χ1n) is 5.70. The monoisotopic (exact) mass is 273 g/mol. The van der Waals surface area contributed by atoms with Gasteiger partial charge in [0.1, 0.15) is 0 Å². The molecule has 0 saturated heterocycles. The van der Waals surface area contributed by atoms with Gasteiger partial charge in [-0.2, -0.15) is 0 Å². The molecule has 2 aromatic rings. The molecule has 0 heterocycles. The lowest BCUT2D eigenvalue weighted by Gasteiger charge is -2.01. The van der Waals surface area contributed by atoms with Gasteiger partial charge in [0.25, 0.3) is 0 Å². The maximum Gasteiger partial charge on any atom is 0.335 e. The Labute approximate surface area is 116 Å². The van der Waals surface area contributed by atoms with Crippen LogP contribution in [0.25, 0.3) is 0 Å². The van der Waals surface area contributed by atoms with Crippen LogP contribution >= 0.6 is 11.6 Å². The Morgan fingerprint density at radius 3 is 2.53 bits per heavy atom. The number of carboxylic acids is 1. The molecular formula is C15H12ClNO2. The molecule has 0 aliphatic rings. The molecule has 0 aliphatic carbocycles. The van der Waals surface area contributed by atoms with Crippen LogP contribution in [0.15, 0.2) is 47.5 Å². The summed E-state index contributed by atoms with van der Waals surface area (Å²) in [7, 11) is 0. The minimum Gasteiger partial charge on any atom is -0.478 e. The second kappa shape index (κ2) is 5.67. The molecule has 2 rings (SSSR count). The van der Waals surface area contributed by atoms with Crippen LogP contribution in [0, 0.1) is 6.92 Å². The summed E-state index contributed by atoms with van der Waals surface area (Å²) in [6.07, 6.45) is 1.68. The van der Waals surface area contributed by atoms with Gasteiger partial charge in [-0.1, -0.05) is 29.8 Å². The molecule has 1 N–H and O–H groups in total. The summed E-state index contributed by atoms with van der Waals surface area (Å²) in [5.41, 5.74) is 2.82. The maximum absolute atomic E-state index is 10.7. The van der Waals surface area contributed by atoms with E-state index in [-0.39, 0.29) is 5.56 Å². The topological polar surface area (TPSA) is 49.7 Å². The molecule has 0 aromatic heterocycles. The van der Waals surface area contributed by atoms with Gasteiger partial charge in [-0.05, 0) is 42.3 Å². The van der Waals surface area contributed by atoms with Crippen LogP contribution in [0.3, 0.4) is 0 Å². The first kappa shape index (κ1) is 13.3. The molecule has 3 nitrogen and oxygen atoms in total. The third-order valence-corrected chi connectivity index (χ3v) is 3.16. The number of benzene rings is 2. The van der Waals surface area contributed by atoms with Gasteiger partial charge in [-0.3, -0.25) is 4.99 Å². The van der Waals surface area contributed by atoms with Crippen molar-refractivity contribution in [1.82, 2.24) is 0 Å². The van der Waals surface area contributed by atoms with E-state index in [9.17, 15) is 4.79 Å². The predicted octanol–water partition coefficient (Wildman–Crippen LogP) is 4.10. The first-order chi connectivity index (χ1) is 9.08. The molecule has 0 aliphatic heterocycles. The summed E-state index contributed by atoms with van der Waals surface area (Å²) in [4.78, 5) is 15.1. The summed E-state index contributed by atoms with van der Waals surface area (Å²) >= 11 is 6.01. The Kier molecular flexibility index (Phi) is 3.97. The third kappa shape index (κ3) is 3.20. The molecule has 0 bridgehead atoms. The van der Waals surface area contributed by atoms with Crippen LogP contribution in [-0.4, -0.2) is 17.3 Å². The van der Waals surface area contributed by atoms with Crippen LogP contribution in [-0.2, 0) is 0 Å². The van der Waals surface area contributed by atoms with E-state index >= 15 is 0 Å². The Bertz CT molecular complexity index is 633. The van der Waals surface area contributed by atoms with E-state index in [0.717, 1.165) is 16.8 Å². The van der Waals surface area contributed by atoms with Crippen LogP contribution in [0.4, 0.5) is 5.69 Å². The highest BCUT2D eigenvalue weighted by molar-refractivity contribution is 6.31. The van der Waals surface area contributed by atoms with Gasteiger partial charge in [0, 0.05) is 11.2 Å². The zero-order valence-corrected chi connectivity index (χ0v) is 11.1. The van der Waals surface area contributed by atoms with Gasteiger partial charge in [0.15, 0.2) is 0 Å². The van der Waals surface area contributed by atoms with Crippen molar-refractivity contribution in [1.29, 1.82) is 0 Å². The summed E-state index contributed by atoms with van der Waals surface area (Å²) < 4.78 is 0. The number of carbonyl (C=O) groups is 1. The van der Waals surface area contributed by atoms with E-state index in [1.807, 2.05) is 25.1 Å². The number of carboxylic acid groups (broad SMARTS) is 1. The van der Waals surface area contributed by atoms with Crippen molar-refractivity contribution in [3.8, 4) is 0 Å². The lowest BCUT2D eigenvalue weighted by molar-refractivity contribution is 0.0697. The Morgan fingerprint density at radius 1 is 1.21 bits per heavy atom. The lowest BCUT2D eigenvalue weighted by Crippen LogP contribution is -1.95. The summed E-state index contributed by atoms with van der Waals surface area (Å²) in [5.74, 6) is -0.936. The number of hydrogen-bond donors (Lipinski definition) is 1.